The predicted octanol–water partition coefficient (Wildman–Crippen LogP) is 12.0. The number of fused-ring (bicyclic) bond motifs is 6. The summed E-state index contributed by atoms with van der Waals surface area (Å²) in [5.74, 6) is 2.37. The highest BCUT2D eigenvalue weighted by Gasteiger charge is 2.23. The monoisotopic (exact) mass is 660 g/mol. The molecule has 0 fully saturated rings. The second-order valence-corrected chi connectivity index (χ2v) is 14.1. The van der Waals surface area contributed by atoms with E-state index in [0.29, 0.717) is 5.82 Å². The zero-order valence-corrected chi connectivity index (χ0v) is 28.1. The number of aromatic nitrogens is 4. The lowest BCUT2D eigenvalue weighted by molar-refractivity contribution is 0.757. The maximum atomic E-state index is 5.30. The van der Waals surface area contributed by atoms with Crippen molar-refractivity contribution in [3.63, 3.8) is 0 Å². The number of hydrogen-bond acceptors (Lipinski definition) is 4. The lowest BCUT2D eigenvalue weighted by Crippen LogP contribution is -2.09. The molecule has 5 heteroatoms. The van der Waals surface area contributed by atoms with Crippen LogP contribution in [0.3, 0.4) is 0 Å². The van der Waals surface area contributed by atoms with Gasteiger partial charge in [0.25, 0.3) is 0 Å². The van der Waals surface area contributed by atoms with Gasteiger partial charge in [-0.3, -0.25) is 0 Å². The lowest BCUT2D eigenvalue weighted by atomic mass is 9.99. The first-order valence-electron chi connectivity index (χ1n) is 17.3. The molecule has 0 spiro atoms. The average Bonchev–Trinajstić information content (AvgIpc) is 3.74. The van der Waals surface area contributed by atoms with Crippen molar-refractivity contribution in [3.8, 4) is 28.2 Å². The summed E-state index contributed by atoms with van der Waals surface area (Å²) in [7, 11) is 0. The van der Waals surface area contributed by atoms with Gasteiger partial charge in [0.05, 0.1) is 11.0 Å². The average molecular weight is 661 g/mol. The summed E-state index contributed by atoms with van der Waals surface area (Å²) in [5.41, 5.74) is 7.98. The molecule has 0 saturated heterocycles. The summed E-state index contributed by atoms with van der Waals surface area (Å²) in [6.45, 7) is 0. The molecule has 0 saturated carbocycles. The van der Waals surface area contributed by atoms with Crippen LogP contribution in [0.2, 0.25) is 0 Å². The molecule has 5 aromatic carbocycles. The SMILES string of the molecule is C1=CCC(c2nc(C3=CCCC=C3)nc(-c3cc(-n4c5ccccc5c5c(-c6ccccc6)cccc54)cc4sc5ccccc5c34)n2)C=C1. The summed E-state index contributed by atoms with van der Waals surface area (Å²) < 4.78 is 4.89. The molecule has 4 nitrogen and oxygen atoms in total. The third-order valence-electron chi connectivity index (χ3n) is 9.96. The van der Waals surface area contributed by atoms with Gasteiger partial charge in [-0.2, -0.15) is 0 Å². The van der Waals surface area contributed by atoms with E-state index >= 15 is 0 Å². The number of nitrogens with zero attached hydrogens (tertiary/aromatic N) is 4. The van der Waals surface area contributed by atoms with Gasteiger partial charge in [-0.25, -0.2) is 15.0 Å². The molecule has 1 unspecified atom stereocenters. The minimum Gasteiger partial charge on any atom is -0.309 e. The van der Waals surface area contributed by atoms with Gasteiger partial charge in [-0.1, -0.05) is 121 Å². The number of benzene rings is 5. The Morgan fingerprint density at radius 2 is 1.44 bits per heavy atom. The van der Waals surface area contributed by atoms with E-state index < -0.39 is 0 Å². The van der Waals surface area contributed by atoms with Crippen molar-refractivity contribution >= 4 is 58.9 Å². The smallest absolute Gasteiger partial charge is 0.164 e. The van der Waals surface area contributed by atoms with Crippen LogP contribution in [0.15, 0.2) is 152 Å². The van der Waals surface area contributed by atoms with Crippen molar-refractivity contribution in [2.75, 3.05) is 0 Å². The highest BCUT2D eigenvalue weighted by Crippen LogP contribution is 2.44. The van der Waals surface area contributed by atoms with Crippen molar-refractivity contribution < 1.29 is 0 Å². The van der Waals surface area contributed by atoms with Crippen LogP contribution in [-0.4, -0.2) is 19.5 Å². The first-order valence-corrected chi connectivity index (χ1v) is 18.1. The molecule has 0 radical (unpaired) electrons. The van der Waals surface area contributed by atoms with E-state index in [0.717, 1.165) is 47.7 Å². The summed E-state index contributed by atoms with van der Waals surface area (Å²) >= 11 is 1.83. The highest BCUT2D eigenvalue weighted by molar-refractivity contribution is 7.26. The second-order valence-electron chi connectivity index (χ2n) is 13.0. The Morgan fingerprint density at radius 3 is 2.30 bits per heavy atom. The van der Waals surface area contributed by atoms with E-state index in [4.69, 9.17) is 15.0 Å². The Morgan fingerprint density at radius 1 is 0.620 bits per heavy atom. The fourth-order valence-electron chi connectivity index (χ4n) is 7.66. The largest absolute Gasteiger partial charge is 0.309 e. The van der Waals surface area contributed by atoms with Gasteiger partial charge >= 0.3 is 0 Å². The van der Waals surface area contributed by atoms with Crippen LogP contribution in [0.25, 0.3) is 75.8 Å². The summed E-state index contributed by atoms with van der Waals surface area (Å²) in [4.78, 5) is 15.7. The number of rotatable bonds is 5. The fraction of sp³-hybridized carbons (Fsp3) is 0.0889. The maximum absolute atomic E-state index is 5.30. The molecule has 2 aliphatic carbocycles. The third-order valence-corrected chi connectivity index (χ3v) is 11.1. The molecule has 3 aromatic heterocycles. The first kappa shape index (κ1) is 29.0. The molecule has 50 heavy (non-hydrogen) atoms. The summed E-state index contributed by atoms with van der Waals surface area (Å²) in [5, 5.41) is 4.90. The van der Waals surface area contributed by atoms with Crippen molar-refractivity contribution in [3.05, 3.63) is 163 Å². The van der Waals surface area contributed by atoms with E-state index in [1.807, 2.05) is 11.3 Å². The van der Waals surface area contributed by atoms with Gasteiger partial charge < -0.3 is 4.57 Å². The van der Waals surface area contributed by atoms with Crippen LogP contribution in [0.5, 0.6) is 0 Å². The van der Waals surface area contributed by atoms with Crippen molar-refractivity contribution in [2.45, 2.75) is 25.2 Å². The minimum atomic E-state index is 0.0975. The fourth-order valence-corrected chi connectivity index (χ4v) is 8.83. The standard InChI is InChI=1S/C45H32N4S/c1-4-15-29(16-5-1)33-23-14-25-38-41(33)34-21-10-12-24-37(34)49(38)32-27-36(42-35-22-11-13-26-39(35)50-40(42)28-32)45-47-43(30-17-6-2-7-18-30)46-44(48-45)31-19-8-3-9-20-31/h1-2,4-8,10-17,19-28,30H,3,9,18H2. The molecule has 238 valence electrons. The first-order chi connectivity index (χ1) is 24.8. The highest BCUT2D eigenvalue weighted by atomic mass is 32.1. The maximum Gasteiger partial charge on any atom is 0.164 e. The predicted molar refractivity (Wildman–Crippen MR) is 210 cm³/mol. The zero-order valence-electron chi connectivity index (χ0n) is 27.3. The molecule has 0 N–H and O–H groups in total. The molecular formula is C45H32N4S. The summed E-state index contributed by atoms with van der Waals surface area (Å²) in [6.07, 6.45) is 18.2. The van der Waals surface area contributed by atoms with Crippen LogP contribution >= 0.6 is 11.3 Å². The molecular weight excluding hydrogens is 629 g/mol. The van der Waals surface area contributed by atoms with Gasteiger partial charge in [-0.05, 0) is 60.7 Å². The van der Waals surface area contributed by atoms with Crippen LogP contribution < -0.4 is 0 Å². The molecule has 0 aliphatic heterocycles. The lowest BCUT2D eigenvalue weighted by Gasteiger charge is -2.16. The minimum absolute atomic E-state index is 0.0975. The molecule has 3 heterocycles. The van der Waals surface area contributed by atoms with Gasteiger partial charge in [0.15, 0.2) is 11.6 Å². The number of thiophene rings is 1. The third kappa shape index (κ3) is 4.77. The van der Waals surface area contributed by atoms with E-state index in [9.17, 15) is 0 Å². The number of hydrogen-bond donors (Lipinski definition) is 0. The quantitative estimate of drug-likeness (QED) is 0.184. The van der Waals surface area contributed by atoms with Crippen LogP contribution in [0, 0.1) is 0 Å². The number of para-hydroxylation sites is 1. The van der Waals surface area contributed by atoms with Gasteiger partial charge in [0.1, 0.15) is 5.82 Å². The Balaban J connectivity index is 1.28. The summed E-state index contributed by atoms with van der Waals surface area (Å²) in [6, 6.07) is 39.5. The molecule has 0 bridgehead atoms. The van der Waals surface area contributed by atoms with Crippen LogP contribution in [0.1, 0.15) is 36.8 Å². The Bertz CT molecular complexity index is 2740. The van der Waals surface area contributed by atoms with Gasteiger partial charge in [-0.15, -0.1) is 11.3 Å². The van der Waals surface area contributed by atoms with Crippen molar-refractivity contribution in [2.24, 2.45) is 0 Å². The molecule has 10 rings (SSSR count). The Kier molecular flexibility index (Phi) is 6.91. The van der Waals surface area contributed by atoms with E-state index in [2.05, 4.69) is 156 Å². The second kappa shape index (κ2) is 11.9. The van der Waals surface area contributed by atoms with Crippen molar-refractivity contribution in [1.29, 1.82) is 0 Å². The van der Waals surface area contributed by atoms with Crippen molar-refractivity contribution in [1.82, 2.24) is 19.5 Å². The van der Waals surface area contributed by atoms with Gasteiger partial charge in [0, 0.05) is 53.7 Å². The molecule has 2 aliphatic rings. The van der Waals surface area contributed by atoms with E-state index in [-0.39, 0.29) is 5.92 Å². The molecule has 8 aromatic rings. The Hall–Kier alpha value is -5.91. The zero-order chi connectivity index (χ0) is 33.0. The van der Waals surface area contributed by atoms with E-state index in [1.54, 1.807) is 0 Å². The van der Waals surface area contributed by atoms with E-state index in [1.165, 1.54) is 53.1 Å². The van der Waals surface area contributed by atoms with Crippen LogP contribution in [-0.2, 0) is 0 Å². The molecule has 0 amide bonds. The van der Waals surface area contributed by atoms with Crippen LogP contribution in [0.4, 0.5) is 0 Å². The van der Waals surface area contributed by atoms with Gasteiger partial charge in [0.2, 0.25) is 0 Å². The Labute approximate surface area is 294 Å². The normalized spacial score (nSPS) is 15.8. The molecule has 1 atom stereocenters. The number of allylic oxidation sites excluding steroid dienone is 8. The topological polar surface area (TPSA) is 43.6 Å².